The van der Waals surface area contributed by atoms with Crippen molar-refractivity contribution >= 4 is 46.5 Å². The summed E-state index contributed by atoms with van der Waals surface area (Å²) in [5.74, 6) is -0.641. The van der Waals surface area contributed by atoms with Crippen LogP contribution in [0.25, 0.3) is 10.8 Å². The van der Waals surface area contributed by atoms with Gasteiger partial charge in [0.25, 0.3) is 20.2 Å². The Kier molecular flexibility index (Phi) is 4.83. The highest BCUT2D eigenvalue weighted by Gasteiger charge is 2.37. The summed E-state index contributed by atoms with van der Waals surface area (Å²) in [7, 11) is -12.2. The van der Waals surface area contributed by atoms with Crippen LogP contribution in [0.3, 0.4) is 0 Å². The van der Waals surface area contributed by atoms with Gasteiger partial charge in [0.2, 0.25) is 9.84 Å². The Labute approximate surface area is 165 Å². The minimum absolute atomic E-state index is 0.0215. The van der Waals surface area contributed by atoms with Crippen LogP contribution in [0.2, 0.25) is 0 Å². The van der Waals surface area contributed by atoms with Gasteiger partial charge in [0.05, 0.1) is 14.7 Å². The lowest BCUT2D eigenvalue weighted by atomic mass is 10.1. The van der Waals surface area contributed by atoms with Crippen molar-refractivity contribution in [3.63, 3.8) is 0 Å². The molecule has 1 aliphatic rings. The van der Waals surface area contributed by atoms with Gasteiger partial charge in [-0.05, 0) is 30.3 Å². The first kappa shape index (κ1) is 21.0. The second-order valence-corrected chi connectivity index (χ2v) is 10.6. The molecule has 1 aliphatic heterocycles. The van der Waals surface area contributed by atoms with Gasteiger partial charge in [-0.15, -0.1) is 0 Å². The minimum atomic E-state index is -4.67. The molecule has 0 atom stereocenters. The molecule has 154 valence electrons. The number of hydrogen-bond donors (Lipinski definition) is 4. The van der Waals surface area contributed by atoms with Crippen LogP contribution in [0, 0.1) is 0 Å². The lowest BCUT2D eigenvalue weighted by Gasteiger charge is -2.10. The molecule has 0 saturated heterocycles. The van der Waals surface area contributed by atoms with E-state index in [4.69, 9.17) is 14.8 Å². The van der Waals surface area contributed by atoms with E-state index >= 15 is 0 Å². The number of aromatic hydroxyl groups is 1. The molecule has 5 N–H and O–H groups in total. The molecule has 0 amide bonds. The molecule has 0 saturated carbocycles. The summed E-state index contributed by atoms with van der Waals surface area (Å²) >= 11 is 0. The van der Waals surface area contributed by atoms with Crippen molar-refractivity contribution < 1.29 is 39.5 Å². The monoisotopic (exact) mass is 459 g/mol. The maximum Gasteiger partial charge on any atom is 0.295 e. The summed E-state index contributed by atoms with van der Waals surface area (Å²) in [6, 6.07) is 10.3. The van der Waals surface area contributed by atoms with Crippen LogP contribution in [-0.4, -0.2) is 39.5 Å². The smallest absolute Gasteiger partial charge is 0.295 e. The summed E-state index contributed by atoms with van der Waals surface area (Å²) in [5, 5.41) is 9.29. The second kappa shape index (κ2) is 6.67. The van der Waals surface area contributed by atoms with Crippen LogP contribution in [0.4, 0.5) is 5.69 Å². The van der Waals surface area contributed by atoms with E-state index in [1.165, 1.54) is 0 Å². The number of phenolic OH excluding ortho intramolecular Hbond substituents is 1. The van der Waals surface area contributed by atoms with Crippen LogP contribution >= 0.6 is 0 Å². The van der Waals surface area contributed by atoms with Gasteiger partial charge in [0.15, 0.2) is 0 Å². The molecule has 0 spiro atoms. The van der Waals surface area contributed by atoms with Gasteiger partial charge in [-0.1, -0.05) is 12.1 Å². The van der Waals surface area contributed by atoms with Crippen molar-refractivity contribution in [3.05, 3.63) is 48.5 Å². The van der Waals surface area contributed by atoms with E-state index in [1.54, 1.807) is 24.3 Å². The molecule has 0 unspecified atom stereocenters. The predicted octanol–water partition coefficient (Wildman–Crippen LogP) is 1.45. The molecule has 3 aromatic carbocycles. The van der Waals surface area contributed by atoms with Gasteiger partial charge in [-0.25, -0.2) is 8.42 Å². The molecule has 3 aromatic rings. The van der Waals surface area contributed by atoms with E-state index in [2.05, 4.69) is 0 Å². The van der Waals surface area contributed by atoms with Gasteiger partial charge in [0, 0.05) is 22.5 Å². The fourth-order valence-corrected chi connectivity index (χ4v) is 5.17. The van der Waals surface area contributed by atoms with Crippen molar-refractivity contribution in [1.82, 2.24) is 0 Å². The van der Waals surface area contributed by atoms with E-state index in [9.17, 15) is 30.4 Å². The van der Waals surface area contributed by atoms with Crippen LogP contribution < -0.4 is 5.73 Å². The topological polar surface area (TPSA) is 189 Å². The standard InChI is InChI=1S/C10H9NO7S2.C6H4O2S/c11-7-1-2-9(20(16,17)18)6-3-5(19(13,14)15)4-8(12)10(6)7;7-9(8)5-3-1-2-4-6(5)9/h1-4,12H,11H2,(H,13,14,15)(H,16,17,18);1-4H. The Balaban J connectivity index is 0.000000220. The van der Waals surface area contributed by atoms with Crippen LogP contribution in [-0.2, 0) is 30.1 Å². The summed E-state index contributed by atoms with van der Waals surface area (Å²) < 4.78 is 84.2. The molecule has 29 heavy (non-hydrogen) atoms. The van der Waals surface area contributed by atoms with Crippen LogP contribution in [0.15, 0.2) is 68.1 Å². The number of anilines is 1. The molecule has 0 radical (unpaired) electrons. The highest BCUT2D eigenvalue weighted by Crippen LogP contribution is 2.39. The Hall–Kier alpha value is -2.71. The molecular weight excluding hydrogens is 446 g/mol. The zero-order chi connectivity index (χ0) is 21.8. The SMILES string of the molecule is Nc1ccc(S(=O)(=O)O)c2cc(S(=O)(=O)O)cc(O)c12.O=S1(=O)c2ccccc21. The summed E-state index contributed by atoms with van der Waals surface area (Å²) in [6.07, 6.45) is 0. The molecule has 1 heterocycles. The van der Waals surface area contributed by atoms with E-state index < -0.39 is 45.6 Å². The largest absolute Gasteiger partial charge is 0.507 e. The van der Waals surface area contributed by atoms with E-state index in [1.807, 2.05) is 0 Å². The second-order valence-electron chi connectivity index (χ2n) is 5.92. The number of sulfone groups is 1. The molecular formula is C16H13NO9S3. The first-order chi connectivity index (χ1) is 13.2. The van der Waals surface area contributed by atoms with Gasteiger partial charge < -0.3 is 10.8 Å². The maximum atomic E-state index is 11.3. The maximum absolute atomic E-state index is 11.3. The van der Waals surface area contributed by atoms with Gasteiger partial charge in [-0.2, -0.15) is 16.8 Å². The number of benzene rings is 3. The van der Waals surface area contributed by atoms with E-state index in [-0.39, 0.29) is 16.5 Å². The Morgan fingerprint density at radius 2 is 1.38 bits per heavy atom. The highest BCUT2D eigenvalue weighted by atomic mass is 32.2. The Bertz CT molecular complexity index is 1450. The zero-order valence-corrected chi connectivity index (χ0v) is 16.7. The van der Waals surface area contributed by atoms with E-state index in [0.717, 1.165) is 24.3 Å². The van der Waals surface area contributed by atoms with Gasteiger partial charge in [-0.3, -0.25) is 9.11 Å². The molecule has 0 aliphatic carbocycles. The molecule has 0 fully saturated rings. The zero-order valence-electron chi connectivity index (χ0n) is 14.2. The Morgan fingerprint density at radius 3 is 1.83 bits per heavy atom. The lowest BCUT2D eigenvalue weighted by molar-refractivity contribution is 0.470. The molecule has 0 bridgehead atoms. The fourth-order valence-electron chi connectivity index (χ4n) is 2.66. The van der Waals surface area contributed by atoms with Crippen molar-refractivity contribution in [2.75, 3.05) is 5.73 Å². The van der Waals surface area contributed by atoms with Gasteiger partial charge >= 0.3 is 0 Å². The van der Waals surface area contributed by atoms with Crippen LogP contribution in [0.1, 0.15) is 0 Å². The average Bonchev–Trinajstić information content (AvgIpc) is 3.15. The number of nitrogen functional groups attached to an aromatic ring is 1. The van der Waals surface area contributed by atoms with E-state index in [0.29, 0.717) is 9.79 Å². The Morgan fingerprint density at radius 1 is 0.828 bits per heavy atom. The summed E-state index contributed by atoms with van der Waals surface area (Å²) in [5.41, 5.74) is 5.56. The number of rotatable bonds is 2. The third kappa shape index (κ3) is 3.90. The number of fused-ring (bicyclic) bond motifs is 2. The molecule has 0 aromatic heterocycles. The quantitative estimate of drug-likeness (QED) is 0.194. The molecule has 10 nitrogen and oxygen atoms in total. The summed E-state index contributed by atoms with van der Waals surface area (Å²) in [6.45, 7) is 0. The van der Waals surface area contributed by atoms with Crippen molar-refractivity contribution in [2.45, 2.75) is 19.6 Å². The third-order valence-electron chi connectivity index (χ3n) is 4.02. The fraction of sp³-hybridized carbons (Fsp3) is 0. The lowest BCUT2D eigenvalue weighted by Crippen LogP contribution is -2.03. The highest BCUT2D eigenvalue weighted by molar-refractivity contribution is 7.97. The third-order valence-corrected chi connectivity index (χ3v) is 7.43. The number of hydrogen-bond acceptors (Lipinski definition) is 8. The predicted molar refractivity (Wildman–Crippen MR) is 102 cm³/mol. The number of nitrogens with two attached hydrogens (primary N) is 1. The van der Waals surface area contributed by atoms with Crippen molar-refractivity contribution in [2.24, 2.45) is 0 Å². The normalized spacial score (nSPS) is 14.6. The first-order valence-electron chi connectivity index (χ1n) is 7.59. The van der Waals surface area contributed by atoms with Crippen LogP contribution in [0.5, 0.6) is 5.75 Å². The van der Waals surface area contributed by atoms with Crippen molar-refractivity contribution in [1.29, 1.82) is 0 Å². The summed E-state index contributed by atoms with van der Waals surface area (Å²) in [4.78, 5) is -0.379. The molecule has 13 heteroatoms. The number of phenols is 1. The van der Waals surface area contributed by atoms with Gasteiger partial charge in [0.1, 0.15) is 10.6 Å². The van der Waals surface area contributed by atoms with Crippen molar-refractivity contribution in [3.8, 4) is 5.75 Å². The first-order valence-corrected chi connectivity index (χ1v) is 11.9. The minimum Gasteiger partial charge on any atom is -0.507 e. The molecule has 4 rings (SSSR count). The average molecular weight is 459 g/mol.